The first-order valence-electron chi connectivity index (χ1n) is 11.1. The van der Waals surface area contributed by atoms with E-state index in [1.807, 2.05) is 36.4 Å². The number of hydrogen-bond donors (Lipinski definition) is 2. The fourth-order valence-corrected chi connectivity index (χ4v) is 5.63. The van der Waals surface area contributed by atoms with Gasteiger partial charge >= 0.3 is 0 Å². The number of thioether (sulfide) groups is 1. The van der Waals surface area contributed by atoms with Crippen LogP contribution < -0.4 is 10.6 Å². The molecule has 1 heterocycles. The molecule has 1 saturated heterocycles. The molecule has 162 valence electrons. The van der Waals surface area contributed by atoms with Gasteiger partial charge in [-0.15, -0.1) is 11.8 Å². The van der Waals surface area contributed by atoms with E-state index in [0.717, 1.165) is 23.3 Å². The highest BCUT2D eigenvalue weighted by Gasteiger charge is 2.39. The number of carbonyl (C=O) groups excluding carboxylic acids is 2. The highest BCUT2D eigenvalue weighted by molar-refractivity contribution is 8.04. The molecule has 5 heteroatoms. The van der Waals surface area contributed by atoms with Crippen LogP contribution in [0.2, 0.25) is 0 Å². The second-order valence-electron chi connectivity index (χ2n) is 8.72. The third-order valence-corrected chi connectivity index (χ3v) is 7.73. The van der Waals surface area contributed by atoms with Gasteiger partial charge in [-0.1, -0.05) is 67.1 Å². The lowest BCUT2D eigenvalue weighted by atomic mass is 9.84. The second kappa shape index (κ2) is 9.73. The number of amides is 2. The molecule has 1 aliphatic carbocycles. The van der Waals surface area contributed by atoms with Gasteiger partial charge in [0.1, 0.15) is 0 Å². The standard InChI is InChI=1S/C26H30N2O2S/c1-17-8-10-19(11-9-17)14-24-26(30)28-22-15-21(12-13-23(22)31-24)25(29)27-16-18(2)20-6-4-3-5-7-20/h3-11,14,18,21-23H,12-13,15-16H2,1-2H3,(H,27,29)(H,28,30)/b24-14+. The summed E-state index contributed by atoms with van der Waals surface area (Å²) in [5, 5.41) is 6.64. The Morgan fingerprint density at radius 2 is 1.90 bits per heavy atom. The van der Waals surface area contributed by atoms with Gasteiger partial charge in [0.2, 0.25) is 5.91 Å². The van der Waals surface area contributed by atoms with E-state index in [9.17, 15) is 9.59 Å². The normalized spacial score (nSPS) is 25.4. The van der Waals surface area contributed by atoms with Crippen LogP contribution in [0.1, 0.15) is 48.8 Å². The number of fused-ring (bicyclic) bond motifs is 1. The highest BCUT2D eigenvalue weighted by atomic mass is 32.2. The summed E-state index contributed by atoms with van der Waals surface area (Å²) in [4.78, 5) is 26.2. The molecule has 31 heavy (non-hydrogen) atoms. The van der Waals surface area contributed by atoms with E-state index in [1.54, 1.807) is 11.8 Å². The summed E-state index contributed by atoms with van der Waals surface area (Å²) < 4.78 is 0. The van der Waals surface area contributed by atoms with Gasteiger partial charge in [0.15, 0.2) is 0 Å². The Kier molecular flexibility index (Phi) is 6.81. The van der Waals surface area contributed by atoms with Crippen molar-refractivity contribution in [2.75, 3.05) is 6.54 Å². The average molecular weight is 435 g/mol. The molecule has 2 fully saturated rings. The number of rotatable bonds is 5. The predicted molar refractivity (Wildman–Crippen MR) is 128 cm³/mol. The van der Waals surface area contributed by atoms with Crippen molar-refractivity contribution in [1.82, 2.24) is 10.6 Å². The molecule has 2 aliphatic rings. The monoisotopic (exact) mass is 434 g/mol. The van der Waals surface area contributed by atoms with Crippen molar-refractivity contribution in [3.63, 3.8) is 0 Å². The molecule has 4 unspecified atom stereocenters. The van der Waals surface area contributed by atoms with Crippen LogP contribution >= 0.6 is 11.8 Å². The maximum atomic E-state index is 12.8. The van der Waals surface area contributed by atoms with Crippen molar-refractivity contribution in [2.24, 2.45) is 5.92 Å². The fourth-order valence-electron chi connectivity index (χ4n) is 4.34. The molecule has 2 aromatic rings. The topological polar surface area (TPSA) is 58.2 Å². The Hall–Kier alpha value is -2.53. The maximum Gasteiger partial charge on any atom is 0.257 e. The van der Waals surface area contributed by atoms with E-state index in [2.05, 4.69) is 48.7 Å². The summed E-state index contributed by atoms with van der Waals surface area (Å²) >= 11 is 1.67. The van der Waals surface area contributed by atoms with Gasteiger partial charge in [0, 0.05) is 23.8 Å². The van der Waals surface area contributed by atoms with Gasteiger partial charge in [0.25, 0.3) is 5.91 Å². The number of carbonyl (C=O) groups is 2. The van der Waals surface area contributed by atoms with Gasteiger partial charge in [-0.3, -0.25) is 9.59 Å². The maximum absolute atomic E-state index is 12.8. The molecule has 4 rings (SSSR count). The third kappa shape index (κ3) is 5.40. The molecular formula is C26H30N2O2S. The molecule has 4 nitrogen and oxygen atoms in total. The minimum Gasteiger partial charge on any atom is -0.355 e. The van der Waals surface area contributed by atoms with E-state index < -0.39 is 0 Å². The summed E-state index contributed by atoms with van der Waals surface area (Å²) in [5.74, 6) is 0.334. The molecular weight excluding hydrogens is 404 g/mol. The Bertz CT molecular complexity index is 955. The lowest BCUT2D eigenvalue weighted by molar-refractivity contribution is -0.127. The lowest BCUT2D eigenvalue weighted by Crippen LogP contribution is -2.51. The van der Waals surface area contributed by atoms with Crippen LogP contribution in [0.3, 0.4) is 0 Å². The molecule has 2 amide bonds. The molecule has 2 N–H and O–H groups in total. The molecule has 0 aromatic heterocycles. The van der Waals surface area contributed by atoms with Crippen molar-refractivity contribution in [1.29, 1.82) is 0 Å². The van der Waals surface area contributed by atoms with E-state index in [4.69, 9.17) is 0 Å². The van der Waals surface area contributed by atoms with Crippen LogP contribution in [-0.4, -0.2) is 29.7 Å². The number of hydrogen-bond acceptors (Lipinski definition) is 3. The van der Waals surface area contributed by atoms with Crippen molar-refractivity contribution in [2.45, 2.75) is 50.3 Å². The molecule has 1 saturated carbocycles. The number of aryl methyl sites for hydroxylation is 1. The number of benzene rings is 2. The van der Waals surface area contributed by atoms with Gasteiger partial charge in [0.05, 0.1) is 4.91 Å². The lowest BCUT2D eigenvalue weighted by Gasteiger charge is -2.39. The first-order valence-corrected chi connectivity index (χ1v) is 12.0. The summed E-state index contributed by atoms with van der Waals surface area (Å²) in [7, 11) is 0. The van der Waals surface area contributed by atoms with Crippen LogP contribution in [0.15, 0.2) is 59.5 Å². The van der Waals surface area contributed by atoms with Crippen molar-refractivity contribution in [3.8, 4) is 0 Å². The van der Waals surface area contributed by atoms with Gasteiger partial charge in [-0.05, 0) is 49.3 Å². The van der Waals surface area contributed by atoms with Crippen LogP contribution in [0.4, 0.5) is 0 Å². The van der Waals surface area contributed by atoms with E-state index in [0.29, 0.717) is 18.2 Å². The first-order chi connectivity index (χ1) is 15.0. The predicted octanol–water partition coefficient (Wildman–Crippen LogP) is 4.66. The smallest absolute Gasteiger partial charge is 0.257 e. The highest BCUT2D eigenvalue weighted by Crippen LogP contribution is 2.40. The summed E-state index contributed by atoms with van der Waals surface area (Å²) in [5.41, 5.74) is 3.48. The molecule has 2 aromatic carbocycles. The van der Waals surface area contributed by atoms with Gasteiger partial charge in [-0.25, -0.2) is 0 Å². The zero-order valence-electron chi connectivity index (χ0n) is 18.1. The summed E-state index contributed by atoms with van der Waals surface area (Å²) in [6, 6.07) is 18.5. The average Bonchev–Trinajstić information content (AvgIpc) is 2.79. The van der Waals surface area contributed by atoms with E-state index >= 15 is 0 Å². The fraction of sp³-hybridized carbons (Fsp3) is 0.385. The Labute approximate surface area is 188 Å². The Morgan fingerprint density at radius 3 is 2.65 bits per heavy atom. The van der Waals surface area contributed by atoms with Crippen LogP contribution in [0.5, 0.6) is 0 Å². The van der Waals surface area contributed by atoms with Crippen molar-refractivity contribution >= 4 is 29.7 Å². The minimum absolute atomic E-state index is 0.0226. The zero-order chi connectivity index (χ0) is 21.8. The summed E-state index contributed by atoms with van der Waals surface area (Å²) in [6.45, 7) is 4.82. The summed E-state index contributed by atoms with van der Waals surface area (Å²) in [6.07, 6.45) is 4.49. The van der Waals surface area contributed by atoms with Crippen molar-refractivity contribution < 1.29 is 9.59 Å². The first kappa shape index (κ1) is 21.7. The molecule has 4 atom stereocenters. The minimum atomic E-state index is -0.0345. The van der Waals surface area contributed by atoms with Crippen LogP contribution in [0.25, 0.3) is 6.08 Å². The Morgan fingerprint density at radius 1 is 1.16 bits per heavy atom. The van der Waals surface area contributed by atoms with Gasteiger partial charge < -0.3 is 10.6 Å². The molecule has 0 radical (unpaired) electrons. The second-order valence-corrected chi connectivity index (χ2v) is 10.0. The molecule has 1 aliphatic heterocycles. The Balaban J connectivity index is 1.32. The zero-order valence-corrected chi connectivity index (χ0v) is 19.0. The quantitative estimate of drug-likeness (QED) is 0.673. The van der Waals surface area contributed by atoms with E-state index in [1.165, 1.54) is 11.1 Å². The van der Waals surface area contributed by atoms with E-state index in [-0.39, 0.29) is 29.7 Å². The van der Waals surface area contributed by atoms with Gasteiger partial charge in [-0.2, -0.15) is 0 Å². The van der Waals surface area contributed by atoms with Crippen LogP contribution in [0, 0.1) is 12.8 Å². The largest absolute Gasteiger partial charge is 0.355 e. The van der Waals surface area contributed by atoms with Crippen molar-refractivity contribution in [3.05, 3.63) is 76.2 Å². The van der Waals surface area contributed by atoms with Crippen LogP contribution in [-0.2, 0) is 9.59 Å². The third-order valence-electron chi connectivity index (χ3n) is 6.30. The molecule has 0 spiro atoms. The SMILES string of the molecule is Cc1ccc(/C=C2/SC3CCC(C(=O)NCC(C)c4ccccc4)CC3NC2=O)cc1. The number of nitrogens with one attached hydrogen (secondary N) is 2. The molecule has 0 bridgehead atoms.